The molecule has 448 valence electrons. The van der Waals surface area contributed by atoms with Crippen molar-refractivity contribution in [2.45, 2.75) is 387 Å². The Hall–Kier alpha value is 1.79. The standard InChI is InChI=1S/2C32H67O4P.Ba/c2*1-3-5-7-9-11-13-15-17-19-21-23-25-27-29-31-35-37(33,34)36-32-30-28-26-24-22-20-18-16-14-12-10-8-6-4-2;/h2*3-32H2,1-2H3,(H,33,34);/q;;+2/p-2. The molecular weight excluding hydrogens is 1100 g/mol. The van der Waals surface area contributed by atoms with E-state index in [2.05, 4.69) is 27.7 Å². The normalized spacial score (nSPS) is 11.8. The predicted octanol–water partition coefficient (Wildman–Crippen LogP) is 22.5. The van der Waals surface area contributed by atoms with Gasteiger partial charge in [-0.3, -0.25) is 9.13 Å². The van der Waals surface area contributed by atoms with Gasteiger partial charge in [0.05, 0.1) is 26.4 Å². The van der Waals surface area contributed by atoms with Crippen molar-refractivity contribution in [1.82, 2.24) is 0 Å². The molecule has 0 aliphatic heterocycles. The first-order valence-corrected chi connectivity index (χ1v) is 36.4. The maximum Gasteiger partial charge on any atom is 2.00 e. The largest absolute Gasteiger partial charge is 2.00 e. The van der Waals surface area contributed by atoms with Crippen LogP contribution in [-0.4, -0.2) is 75.3 Å². The maximum atomic E-state index is 11.9. The Bertz CT molecular complexity index is 959. The number of phosphoric ester groups is 2. The molecule has 0 amide bonds. The van der Waals surface area contributed by atoms with Gasteiger partial charge in [-0.1, -0.05) is 362 Å². The van der Waals surface area contributed by atoms with Crippen LogP contribution in [0.4, 0.5) is 0 Å². The molecule has 0 unspecified atom stereocenters. The van der Waals surface area contributed by atoms with Crippen molar-refractivity contribution in [3.05, 3.63) is 0 Å². The molecule has 0 spiro atoms. The first-order valence-electron chi connectivity index (χ1n) is 33.4. The number of hydrogen-bond donors (Lipinski definition) is 0. The van der Waals surface area contributed by atoms with E-state index in [1.165, 1.54) is 308 Å². The molecule has 11 heteroatoms. The predicted molar refractivity (Wildman–Crippen MR) is 326 cm³/mol. The molecule has 0 saturated carbocycles. The molecule has 0 bridgehead atoms. The van der Waals surface area contributed by atoms with Crippen LogP contribution in [0.15, 0.2) is 0 Å². The number of rotatable bonds is 64. The van der Waals surface area contributed by atoms with Crippen molar-refractivity contribution in [1.29, 1.82) is 0 Å². The van der Waals surface area contributed by atoms with E-state index in [9.17, 15) is 18.9 Å². The fourth-order valence-electron chi connectivity index (χ4n) is 9.97. The Balaban J connectivity index is -0.00000136. The summed E-state index contributed by atoms with van der Waals surface area (Å²) in [5.74, 6) is 0. The van der Waals surface area contributed by atoms with Crippen LogP contribution in [0.1, 0.15) is 387 Å². The van der Waals surface area contributed by atoms with Crippen LogP contribution in [0.3, 0.4) is 0 Å². The Morgan fingerprint density at radius 3 is 0.400 bits per heavy atom. The van der Waals surface area contributed by atoms with Gasteiger partial charge in [-0.15, -0.1) is 0 Å². The third kappa shape index (κ3) is 75.8. The quantitative estimate of drug-likeness (QED) is 0.0336. The Morgan fingerprint density at radius 1 is 0.200 bits per heavy atom. The van der Waals surface area contributed by atoms with Gasteiger partial charge in [-0.25, -0.2) is 0 Å². The average Bonchev–Trinajstić information content (AvgIpc) is 3.38. The minimum Gasteiger partial charge on any atom is -0.756 e. The van der Waals surface area contributed by atoms with Crippen molar-refractivity contribution < 1.29 is 37.0 Å². The summed E-state index contributed by atoms with van der Waals surface area (Å²) < 4.78 is 43.9. The van der Waals surface area contributed by atoms with Gasteiger partial charge >= 0.3 is 48.9 Å². The van der Waals surface area contributed by atoms with Gasteiger partial charge in [-0.05, 0) is 25.7 Å². The van der Waals surface area contributed by atoms with Gasteiger partial charge in [0.25, 0.3) is 15.6 Å². The molecule has 8 nitrogen and oxygen atoms in total. The van der Waals surface area contributed by atoms with Gasteiger partial charge in [0, 0.05) is 0 Å². The van der Waals surface area contributed by atoms with E-state index in [0.717, 1.165) is 51.4 Å². The third-order valence-corrected chi connectivity index (χ3v) is 17.0. The Kier molecular flexibility index (Phi) is 75.7. The SMILES string of the molecule is CCCCCCCCCCCCCCCCOP(=O)([O-])OCCCCCCCCCCCCCCCC.CCCCCCCCCCCCCCCCOP(=O)([O-])OCCCCCCCCCCCCCCCC.[Ba+2]. The van der Waals surface area contributed by atoms with E-state index in [1.807, 2.05) is 0 Å². The third-order valence-electron chi connectivity index (χ3n) is 15.0. The maximum absolute atomic E-state index is 11.9. The van der Waals surface area contributed by atoms with Crippen molar-refractivity contribution >= 4 is 64.5 Å². The monoisotopic (exact) mass is 1230 g/mol. The van der Waals surface area contributed by atoms with Crippen LogP contribution in [0.2, 0.25) is 0 Å². The van der Waals surface area contributed by atoms with Crippen LogP contribution in [0, 0.1) is 0 Å². The van der Waals surface area contributed by atoms with Crippen molar-refractivity contribution in [3.8, 4) is 0 Å². The summed E-state index contributed by atoms with van der Waals surface area (Å²) in [6.07, 6.45) is 72.1. The fourth-order valence-corrected chi connectivity index (χ4v) is 11.5. The van der Waals surface area contributed by atoms with Gasteiger partial charge in [0.1, 0.15) is 0 Å². The summed E-state index contributed by atoms with van der Waals surface area (Å²) >= 11 is 0. The number of hydrogen-bond acceptors (Lipinski definition) is 8. The molecule has 0 rings (SSSR count). The van der Waals surface area contributed by atoms with Gasteiger partial charge in [0.15, 0.2) is 0 Å². The van der Waals surface area contributed by atoms with E-state index in [1.54, 1.807) is 0 Å². The molecule has 0 aliphatic rings. The van der Waals surface area contributed by atoms with Crippen LogP contribution >= 0.6 is 15.6 Å². The number of phosphoric acid groups is 2. The molecule has 0 radical (unpaired) electrons. The van der Waals surface area contributed by atoms with Crippen molar-refractivity contribution in [3.63, 3.8) is 0 Å². The van der Waals surface area contributed by atoms with Gasteiger partial charge in [0.2, 0.25) is 0 Å². The van der Waals surface area contributed by atoms with Crippen LogP contribution in [0.5, 0.6) is 0 Å². The van der Waals surface area contributed by atoms with E-state index in [-0.39, 0.29) is 75.3 Å². The molecule has 0 atom stereocenters. The molecule has 0 heterocycles. The summed E-state index contributed by atoms with van der Waals surface area (Å²) in [5, 5.41) is 0. The van der Waals surface area contributed by atoms with Gasteiger partial charge in [-0.2, -0.15) is 0 Å². The van der Waals surface area contributed by atoms with E-state index in [4.69, 9.17) is 18.1 Å². The van der Waals surface area contributed by atoms with Crippen molar-refractivity contribution in [2.75, 3.05) is 26.4 Å². The molecule has 0 aromatic carbocycles. The summed E-state index contributed by atoms with van der Waals surface area (Å²) in [4.78, 5) is 23.8. The minimum absolute atomic E-state index is 0. The molecule has 0 aromatic heterocycles. The van der Waals surface area contributed by atoms with E-state index >= 15 is 0 Å². The van der Waals surface area contributed by atoms with Crippen LogP contribution in [-0.2, 0) is 27.2 Å². The molecule has 0 fully saturated rings. The summed E-state index contributed by atoms with van der Waals surface area (Å²) in [5.41, 5.74) is 0. The molecule has 0 saturated heterocycles. The van der Waals surface area contributed by atoms with Crippen molar-refractivity contribution in [2.24, 2.45) is 0 Å². The number of unbranched alkanes of at least 4 members (excludes halogenated alkanes) is 52. The van der Waals surface area contributed by atoms with Crippen LogP contribution < -0.4 is 9.79 Å². The Labute approximate surface area is 510 Å². The van der Waals surface area contributed by atoms with Crippen LogP contribution in [0.25, 0.3) is 0 Å². The average molecular weight is 1230 g/mol. The zero-order chi connectivity index (χ0) is 54.3. The molecule has 75 heavy (non-hydrogen) atoms. The summed E-state index contributed by atoms with van der Waals surface area (Å²) in [6, 6.07) is 0. The fraction of sp³-hybridized carbons (Fsp3) is 1.00. The molecule has 0 aliphatic carbocycles. The summed E-state index contributed by atoms with van der Waals surface area (Å²) in [7, 11) is -8.23. The first kappa shape index (κ1) is 81.0. The second-order valence-electron chi connectivity index (χ2n) is 22.6. The zero-order valence-electron chi connectivity index (χ0n) is 51.3. The van der Waals surface area contributed by atoms with E-state index in [0.29, 0.717) is 0 Å². The van der Waals surface area contributed by atoms with E-state index < -0.39 is 15.6 Å². The molecule has 0 N–H and O–H groups in total. The second-order valence-corrected chi connectivity index (χ2v) is 25.4. The smallest absolute Gasteiger partial charge is 0.756 e. The molecular formula is C64H132BaO8P2. The topological polar surface area (TPSA) is 117 Å². The minimum atomic E-state index is -4.12. The zero-order valence-corrected chi connectivity index (χ0v) is 57.5. The first-order chi connectivity index (χ1) is 36.2. The summed E-state index contributed by atoms with van der Waals surface area (Å²) in [6.45, 7) is 10.1. The Morgan fingerprint density at radius 2 is 0.293 bits per heavy atom. The van der Waals surface area contributed by atoms with Gasteiger partial charge < -0.3 is 27.9 Å². The second kappa shape index (κ2) is 70.1. The molecule has 0 aromatic rings.